The van der Waals surface area contributed by atoms with Crippen LogP contribution in [0.15, 0.2) is 46.9 Å². The van der Waals surface area contributed by atoms with E-state index in [0.29, 0.717) is 15.8 Å². The van der Waals surface area contributed by atoms with Crippen LogP contribution in [0.2, 0.25) is 0 Å². The predicted octanol–water partition coefficient (Wildman–Crippen LogP) is 3.12. The van der Waals surface area contributed by atoms with Crippen molar-refractivity contribution in [2.75, 3.05) is 11.1 Å². The number of hydrogen-bond donors (Lipinski definition) is 2. The molecule has 0 atom stereocenters. The lowest BCUT2D eigenvalue weighted by molar-refractivity contribution is -0.384. The molecule has 108 valence electrons. The van der Waals surface area contributed by atoms with Crippen molar-refractivity contribution in [3.05, 3.63) is 62.6 Å². The number of anilines is 2. The quantitative estimate of drug-likeness (QED) is 0.503. The van der Waals surface area contributed by atoms with Gasteiger partial charge in [0.2, 0.25) is 5.91 Å². The number of carbonyl (C=O) groups excluding carboxylic acids is 1. The van der Waals surface area contributed by atoms with Crippen molar-refractivity contribution >= 4 is 38.9 Å². The Kier molecular flexibility index (Phi) is 4.54. The minimum atomic E-state index is -0.497. The van der Waals surface area contributed by atoms with Crippen molar-refractivity contribution < 1.29 is 9.72 Å². The third-order valence-corrected chi connectivity index (χ3v) is 3.41. The average Bonchev–Trinajstić information content (AvgIpc) is 2.40. The molecule has 6 nitrogen and oxygen atoms in total. The Labute approximate surface area is 129 Å². The summed E-state index contributed by atoms with van der Waals surface area (Å²) in [4.78, 5) is 22.1. The van der Waals surface area contributed by atoms with Gasteiger partial charge in [-0.15, -0.1) is 0 Å². The number of amides is 1. The zero-order valence-electron chi connectivity index (χ0n) is 10.9. The predicted molar refractivity (Wildman–Crippen MR) is 84.0 cm³/mol. The Morgan fingerprint density at radius 1 is 1.29 bits per heavy atom. The number of halogens is 1. The van der Waals surface area contributed by atoms with E-state index in [-0.39, 0.29) is 18.0 Å². The number of nitrogen functional groups attached to an aromatic ring is 1. The lowest BCUT2D eigenvalue weighted by Crippen LogP contribution is -2.14. The Balaban J connectivity index is 2.08. The zero-order valence-corrected chi connectivity index (χ0v) is 12.5. The van der Waals surface area contributed by atoms with Crippen LogP contribution < -0.4 is 11.1 Å². The van der Waals surface area contributed by atoms with Gasteiger partial charge in [0.15, 0.2) is 0 Å². The molecule has 0 unspecified atom stereocenters. The number of nitro benzene ring substituents is 1. The summed E-state index contributed by atoms with van der Waals surface area (Å²) in [5.74, 6) is -0.227. The SMILES string of the molecule is Nc1cccc(CC(=O)Nc2ccc([N+](=O)[O-])cc2Br)c1. The highest BCUT2D eigenvalue weighted by Gasteiger charge is 2.11. The van der Waals surface area contributed by atoms with Crippen LogP contribution in [0.3, 0.4) is 0 Å². The number of nitrogens with zero attached hydrogens (tertiary/aromatic N) is 1. The highest BCUT2D eigenvalue weighted by molar-refractivity contribution is 9.10. The van der Waals surface area contributed by atoms with Crippen molar-refractivity contribution in [3.8, 4) is 0 Å². The second-order valence-corrected chi connectivity index (χ2v) is 5.25. The second-order valence-electron chi connectivity index (χ2n) is 4.39. The number of non-ortho nitro benzene ring substituents is 1. The van der Waals surface area contributed by atoms with Gasteiger partial charge < -0.3 is 11.1 Å². The molecule has 3 N–H and O–H groups in total. The van der Waals surface area contributed by atoms with Crippen LogP contribution >= 0.6 is 15.9 Å². The van der Waals surface area contributed by atoms with Crippen molar-refractivity contribution in [2.24, 2.45) is 0 Å². The van der Waals surface area contributed by atoms with Gasteiger partial charge in [-0.25, -0.2) is 0 Å². The highest BCUT2D eigenvalue weighted by atomic mass is 79.9. The minimum absolute atomic E-state index is 0.0456. The maximum absolute atomic E-state index is 12.0. The Bertz CT molecular complexity index is 704. The van der Waals surface area contributed by atoms with E-state index in [0.717, 1.165) is 5.56 Å². The van der Waals surface area contributed by atoms with Crippen LogP contribution in [0.5, 0.6) is 0 Å². The van der Waals surface area contributed by atoms with Crippen molar-refractivity contribution in [1.82, 2.24) is 0 Å². The molecule has 2 rings (SSSR count). The number of nitrogens with one attached hydrogen (secondary N) is 1. The Morgan fingerprint density at radius 2 is 2.05 bits per heavy atom. The van der Waals surface area contributed by atoms with E-state index < -0.39 is 4.92 Å². The van der Waals surface area contributed by atoms with E-state index in [4.69, 9.17) is 5.73 Å². The fraction of sp³-hybridized carbons (Fsp3) is 0.0714. The third kappa shape index (κ3) is 4.03. The summed E-state index contributed by atoms with van der Waals surface area (Å²) in [6, 6.07) is 11.2. The number of carbonyl (C=O) groups is 1. The molecule has 21 heavy (non-hydrogen) atoms. The molecule has 0 bridgehead atoms. The van der Waals surface area contributed by atoms with Gasteiger partial charge in [0.25, 0.3) is 5.69 Å². The molecule has 0 fully saturated rings. The summed E-state index contributed by atoms with van der Waals surface area (Å²) in [5, 5.41) is 13.3. The fourth-order valence-corrected chi connectivity index (χ4v) is 2.27. The van der Waals surface area contributed by atoms with Crippen LogP contribution in [0.25, 0.3) is 0 Å². The van der Waals surface area contributed by atoms with E-state index in [1.54, 1.807) is 24.3 Å². The topological polar surface area (TPSA) is 98.3 Å². The van der Waals surface area contributed by atoms with Crippen molar-refractivity contribution in [2.45, 2.75) is 6.42 Å². The monoisotopic (exact) mass is 349 g/mol. The molecule has 7 heteroatoms. The van der Waals surface area contributed by atoms with Crippen LogP contribution in [-0.2, 0) is 11.2 Å². The molecular formula is C14H12BrN3O3. The molecule has 0 aliphatic rings. The van der Waals surface area contributed by atoms with E-state index in [1.165, 1.54) is 18.2 Å². The molecule has 0 aliphatic heterocycles. The number of rotatable bonds is 4. The fourth-order valence-electron chi connectivity index (χ4n) is 1.80. The molecule has 0 aromatic heterocycles. The first kappa shape index (κ1) is 15.0. The molecule has 0 saturated carbocycles. The minimum Gasteiger partial charge on any atom is -0.399 e. The summed E-state index contributed by atoms with van der Waals surface area (Å²) < 4.78 is 0.456. The normalized spacial score (nSPS) is 10.1. The molecule has 2 aromatic carbocycles. The van der Waals surface area contributed by atoms with E-state index >= 15 is 0 Å². The van der Waals surface area contributed by atoms with Gasteiger partial charge in [-0.05, 0) is 39.7 Å². The number of benzene rings is 2. The second kappa shape index (κ2) is 6.36. The zero-order chi connectivity index (χ0) is 15.4. The smallest absolute Gasteiger partial charge is 0.270 e. The van der Waals surface area contributed by atoms with Crippen molar-refractivity contribution in [3.63, 3.8) is 0 Å². The maximum atomic E-state index is 12.0. The summed E-state index contributed by atoms with van der Waals surface area (Å²) in [6.07, 6.45) is 0.175. The number of hydrogen-bond acceptors (Lipinski definition) is 4. The molecule has 0 saturated heterocycles. The third-order valence-electron chi connectivity index (χ3n) is 2.75. The first-order valence-electron chi connectivity index (χ1n) is 6.04. The largest absolute Gasteiger partial charge is 0.399 e. The van der Waals surface area contributed by atoms with Crippen LogP contribution in [0.4, 0.5) is 17.1 Å². The van der Waals surface area contributed by atoms with Gasteiger partial charge >= 0.3 is 0 Å². The van der Waals surface area contributed by atoms with Crippen LogP contribution in [0.1, 0.15) is 5.56 Å². The van der Waals surface area contributed by atoms with Crippen LogP contribution in [-0.4, -0.2) is 10.8 Å². The van der Waals surface area contributed by atoms with Crippen molar-refractivity contribution in [1.29, 1.82) is 0 Å². The standard InChI is InChI=1S/C14H12BrN3O3/c15-12-8-11(18(20)21)4-5-13(12)17-14(19)7-9-2-1-3-10(16)6-9/h1-6,8H,7,16H2,(H,17,19). The summed E-state index contributed by atoms with van der Waals surface area (Å²) >= 11 is 3.20. The van der Waals surface area contributed by atoms with Crippen LogP contribution in [0, 0.1) is 10.1 Å². The highest BCUT2D eigenvalue weighted by Crippen LogP contribution is 2.27. The lowest BCUT2D eigenvalue weighted by atomic mass is 10.1. The average molecular weight is 350 g/mol. The van der Waals surface area contributed by atoms with Gasteiger partial charge in [-0.1, -0.05) is 12.1 Å². The molecule has 0 aliphatic carbocycles. The number of nitro groups is 1. The first-order valence-corrected chi connectivity index (χ1v) is 6.83. The summed E-state index contributed by atoms with van der Waals surface area (Å²) in [7, 11) is 0. The molecule has 2 aromatic rings. The molecule has 1 amide bonds. The lowest BCUT2D eigenvalue weighted by Gasteiger charge is -2.07. The van der Waals surface area contributed by atoms with E-state index in [2.05, 4.69) is 21.2 Å². The van der Waals surface area contributed by atoms with E-state index in [9.17, 15) is 14.9 Å². The molecule has 0 radical (unpaired) electrons. The first-order chi connectivity index (χ1) is 9.95. The Hall–Kier alpha value is -2.41. The molecule has 0 heterocycles. The summed E-state index contributed by atoms with van der Waals surface area (Å²) in [6.45, 7) is 0. The maximum Gasteiger partial charge on any atom is 0.270 e. The molecule has 0 spiro atoms. The number of nitrogens with two attached hydrogens (primary N) is 1. The molecular weight excluding hydrogens is 338 g/mol. The van der Waals surface area contributed by atoms with Gasteiger partial charge in [-0.3, -0.25) is 14.9 Å². The Morgan fingerprint density at radius 3 is 2.67 bits per heavy atom. The van der Waals surface area contributed by atoms with E-state index in [1.807, 2.05) is 0 Å². The van der Waals surface area contributed by atoms with Gasteiger partial charge in [0.1, 0.15) is 0 Å². The van der Waals surface area contributed by atoms with Gasteiger partial charge in [0, 0.05) is 22.3 Å². The van der Waals surface area contributed by atoms with Gasteiger partial charge in [0.05, 0.1) is 17.0 Å². The summed E-state index contributed by atoms with van der Waals surface area (Å²) in [5.41, 5.74) is 7.48. The van der Waals surface area contributed by atoms with Gasteiger partial charge in [-0.2, -0.15) is 0 Å².